The summed E-state index contributed by atoms with van der Waals surface area (Å²) in [6.45, 7) is 0. The fourth-order valence-corrected chi connectivity index (χ4v) is 4.18. The van der Waals surface area contributed by atoms with Gasteiger partial charge in [0.15, 0.2) is 10.8 Å². The van der Waals surface area contributed by atoms with Crippen LogP contribution in [0.1, 0.15) is 11.3 Å². The van der Waals surface area contributed by atoms with Gasteiger partial charge in [-0.3, -0.25) is 0 Å². The molecule has 21 heavy (non-hydrogen) atoms. The molecule has 1 aromatic carbocycles. The Morgan fingerprint density at radius 1 is 1.33 bits per heavy atom. The van der Waals surface area contributed by atoms with Crippen molar-refractivity contribution in [1.29, 1.82) is 0 Å². The van der Waals surface area contributed by atoms with E-state index in [0.717, 1.165) is 28.7 Å². The number of halogens is 5. The van der Waals surface area contributed by atoms with Crippen molar-refractivity contribution in [1.82, 2.24) is 4.98 Å². The van der Waals surface area contributed by atoms with E-state index in [-0.39, 0.29) is 9.34 Å². The van der Waals surface area contributed by atoms with Gasteiger partial charge >= 0.3 is 6.18 Å². The summed E-state index contributed by atoms with van der Waals surface area (Å²) in [6.07, 6.45) is -4.47. The number of nitrogens with zero attached hydrogens (tertiary/aromatic N) is 1. The number of hydrogen-bond donors (Lipinski definition) is 1. The Bertz CT molecular complexity index is 644. The molecule has 2 nitrogen and oxygen atoms in total. The Kier molecular flexibility index (Phi) is 5.29. The summed E-state index contributed by atoms with van der Waals surface area (Å²) in [5, 5.41) is 3.77. The Labute approximate surface area is 137 Å². The van der Waals surface area contributed by atoms with Gasteiger partial charge in [-0.05, 0) is 17.7 Å². The summed E-state index contributed by atoms with van der Waals surface area (Å²) in [5.41, 5.74) is -0.148. The van der Waals surface area contributed by atoms with Crippen LogP contribution in [0.3, 0.4) is 0 Å². The quantitative estimate of drug-likeness (QED) is 0.686. The maximum Gasteiger partial charge on any atom is 0.435 e. The average Bonchev–Trinajstić information content (AvgIpc) is 2.81. The molecule has 1 aromatic heterocycles. The highest BCUT2D eigenvalue weighted by atomic mass is 35.5. The van der Waals surface area contributed by atoms with Gasteiger partial charge in [0, 0.05) is 22.8 Å². The predicted octanol–water partition coefficient (Wildman–Crippen LogP) is 5.80. The van der Waals surface area contributed by atoms with Gasteiger partial charge < -0.3 is 5.32 Å². The van der Waals surface area contributed by atoms with E-state index < -0.39 is 11.9 Å². The molecule has 2 aromatic rings. The van der Waals surface area contributed by atoms with Crippen LogP contribution in [-0.2, 0) is 11.9 Å². The van der Waals surface area contributed by atoms with Crippen molar-refractivity contribution in [3.63, 3.8) is 0 Å². The van der Waals surface area contributed by atoms with Crippen LogP contribution < -0.4 is 5.32 Å². The van der Waals surface area contributed by atoms with Gasteiger partial charge in [-0.15, -0.1) is 11.8 Å². The van der Waals surface area contributed by atoms with E-state index in [1.165, 1.54) is 7.05 Å². The number of aromatic nitrogens is 1. The Morgan fingerprint density at radius 3 is 2.62 bits per heavy atom. The van der Waals surface area contributed by atoms with E-state index in [0.29, 0.717) is 15.8 Å². The first-order valence-corrected chi connectivity index (χ1v) is 8.19. The zero-order valence-corrected chi connectivity index (χ0v) is 13.7. The molecule has 0 saturated heterocycles. The maximum atomic E-state index is 12.9. The largest absolute Gasteiger partial charge is 0.435 e. The molecular formula is C12H9Cl2F3N2S2. The first kappa shape index (κ1) is 16.7. The molecule has 0 unspecified atom stereocenters. The highest BCUT2D eigenvalue weighted by Gasteiger charge is 2.37. The molecule has 0 radical (unpaired) electrons. The Hall–Kier alpha value is -0.630. The molecular weight excluding hydrogens is 364 g/mol. The van der Waals surface area contributed by atoms with Crippen LogP contribution in [0.2, 0.25) is 10.0 Å². The van der Waals surface area contributed by atoms with E-state index in [9.17, 15) is 13.2 Å². The Balaban J connectivity index is 2.21. The molecule has 0 aliphatic rings. The third kappa shape index (κ3) is 4.18. The standard InChI is InChI=1S/C12H9Cl2F3N2S2/c1-18-11-19-9(12(15,16)17)10(21-11)20-5-6-2-3-7(13)4-8(6)14/h2-4H,5H2,1H3,(H,18,19). The van der Waals surface area contributed by atoms with Crippen molar-refractivity contribution < 1.29 is 13.2 Å². The van der Waals surface area contributed by atoms with Crippen molar-refractivity contribution in [2.24, 2.45) is 0 Å². The van der Waals surface area contributed by atoms with Crippen molar-refractivity contribution >= 4 is 51.4 Å². The minimum absolute atomic E-state index is 0.109. The summed E-state index contributed by atoms with van der Waals surface area (Å²) >= 11 is 13.8. The SMILES string of the molecule is CNc1nc(C(F)(F)F)c(SCc2ccc(Cl)cc2Cl)s1. The summed E-state index contributed by atoms with van der Waals surface area (Å²) in [7, 11) is 1.53. The second-order valence-electron chi connectivity index (χ2n) is 3.93. The number of hydrogen-bond acceptors (Lipinski definition) is 4. The van der Waals surface area contributed by atoms with Gasteiger partial charge in [0.2, 0.25) is 0 Å². The first-order valence-electron chi connectivity index (χ1n) is 5.63. The number of rotatable bonds is 4. The monoisotopic (exact) mass is 372 g/mol. The zero-order valence-electron chi connectivity index (χ0n) is 10.6. The fraction of sp³-hybridized carbons (Fsp3) is 0.250. The summed E-state index contributed by atoms with van der Waals surface area (Å²) in [4.78, 5) is 3.56. The summed E-state index contributed by atoms with van der Waals surface area (Å²) in [6, 6.07) is 4.92. The van der Waals surface area contributed by atoms with Crippen LogP contribution in [0.4, 0.5) is 18.3 Å². The number of alkyl halides is 3. The van der Waals surface area contributed by atoms with Crippen molar-refractivity contribution in [3.05, 3.63) is 39.5 Å². The normalized spacial score (nSPS) is 11.7. The number of anilines is 1. The van der Waals surface area contributed by atoms with E-state index in [1.54, 1.807) is 18.2 Å². The predicted molar refractivity (Wildman–Crippen MR) is 82.7 cm³/mol. The molecule has 0 atom stereocenters. The zero-order chi connectivity index (χ0) is 15.6. The van der Waals surface area contributed by atoms with E-state index in [1.807, 2.05) is 0 Å². The van der Waals surface area contributed by atoms with E-state index in [4.69, 9.17) is 23.2 Å². The van der Waals surface area contributed by atoms with Crippen molar-refractivity contribution in [2.45, 2.75) is 16.1 Å². The molecule has 1 heterocycles. The molecule has 0 amide bonds. The topological polar surface area (TPSA) is 24.9 Å². The summed E-state index contributed by atoms with van der Waals surface area (Å²) in [5.74, 6) is 0.310. The van der Waals surface area contributed by atoms with Gasteiger partial charge in [-0.25, -0.2) is 4.98 Å². The van der Waals surface area contributed by atoms with Crippen molar-refractivity contribution in [3.8, 4) is 0 Å². The lowest BCUT2D eigenvalue weighted by molar-refractivity contribution is -0.142. The number of thiazole rings is 1. The first-order chi connectivity index (χ1) is 9.81. The maximum absolute atomic E-state index is 12.9. The van der Waals surface area contributed by atoms with Crippen LogP contribution in [0.25, 0.3) is 0 Å². The summed E-state index contributed by atoms with van der Waals surface area (Å²) < 4.78 is 38.9. The van der Waals surface area contributed by atoms with Crippen LogP contribution >= 0.6 is 46.3 Å². The molecule has 114 valence electrons. The minimum atomic E-state index is -4.47. The smallest absolute Gasteiger partial charge is 0.365 e. The van der Waals surface area contributed by atoms with Crippen molar-refractivity contribution in [2.75, 3.05) is 12.4 Å². The molecule has 0 fully saturated rings. The molecule has 0 saturated carbocycles. The third-order valence-electron chi connectivity index (χ3n) is 2.45. The Morgan fingerprint density at radius 2 is 2.05 bits per heavy atom. The average molecular weight is 373 g/mol. The van der Waals surface area contributed by atoms with Crippen LogP contribution in [-0.4, -0.2) is 12.0 Å². The van der Waals surface area contributed by atoms with Gasteiger partial charge in [0.1, 0.15) is 0 Å². The van der Waals surface area contributed by atoms with Gasteiger partial charge in [0.25, 0.3) is 0 Å². The molecule has 1 N–H and O–H groups in total. The lowest BCUT2D eigenvalue weighted by atomic mass is 10.2. The molecule has 0 aliphatic heterocycles. The number of thioether (sulfide) groups is 1. The highest BCUT2D eigenvalue weighted by molar-refractivity contribution is 8.00. The second kappa shape index (κ2) is 6.64. The second-order valence-corrected chi connectivity index (χ2v) is 7.01. The van der Waals surface area contributed by atoms with Crippen LogP contribution in [0.5, 0.6) is 0 Å². The molecule has 0 aliphatic carbocycles. The van der Waals surface area contributed by atoms with Gasteiger partial charge in [-0.1, -0.05) is 40.6 Å². The fourth-order valence-electron chi connectivity index (χ4n) is 1.47. The van der Waals surface area contributed by atoms with Crippen LogP contribution in [0, 0.1) is 0 Å². The van der Waals surface area contributed by atoms with E-state index >= 15 is 0 Å². The van der Waals surface area contributed by atoms with Crippen LogP contribution in [0.15, 0.2) is 22.4 Å². The minimum Gasteiger partial charge on any atom is -0.365 e. The molecule has 2 rings (SSSR count). The third-order valence-corrected chi connectivity index (χ3v) is 5.42. The number of benzene rings is 1. The molecule has 0 spiro atoms. The highest BCUT2D eigenvalue weighted by Crippen LogP contribution is 2.42. The lowest BCUT2D eigenvalue weighted by Gasteiger charge is -2.07. The molecule has 9 heteroatoms. The van der Waals surface area contributed by atoms with E-state index in [2.05, 4.69) is 10.3 Å². The van der Waals surface area contributed by atoms with Gasteiger partial charge in [0.05, 0.1) is 4.21 Å². The lowest BCUT2D eigenvalue weighted by Crippen LogP contribution is -2.07. The van der Waals surface area contributed by atoms with Gasteiger partial charge in [-0.2, -0.15) is 13.2 Å². The molecule has 0 bridgehead atoms. The number of nitrogens with one attached hydrogen (secondary N) is 1.